The molecule has 0 saturated heterocycles. The van der Waals surface area contributed by atoms with Gasteiger partial charge in [-0.25, -0.2) is 0 Å². The monoisotopic (exact) mass is 234 g/mol. The lowest BCUT2D eigenvalue weighted by atomic mass is 10.00. The number of hydrogen-bond donors (Lipinski definition) is 1. The molecule has 1 aliphatic rings. The predicted octanol–water partition coefficient (Wildman–Crippen LogP) is 3.50. The Labute approximate surface area is 101 Å². The van der Waals surface area contributed by atoms with E-state index in [0.29, 0.717) is 17.0 Å². The van der Waals surface area contributed by atoms with Gasteiger partial charge >= 0.3 is 0 Å². The van der Waals surface area contributed by atoms with Crippen molar-refractivity contribution in [3.8, 4) is 0 Å². The molecule has 0 aromatic heterocycles. The van der Waals surface area contributed by atoms with Gasteiger partial charge in [0.2, 0.25) is 0 Å². The summed E-state index contributed by atoms with van der Waals surface area (Å²) in [4.78, 5) is 10.5. The summed E-state index contributed by atoms with van der Waals surface area (Å²) in [7, 11) is 0. The van der Waals surface area contributed by atoms with Crippen molar-refractivity contribution in [2.24, 2.45) is 5.41 Å². The molecule has 1 aromatic carbocycles. The smallest absolute Gasteiger partial charge is 0.274 e. The van der Waals surface area contributed by atoms with E-state index in [1.165, 1.54) is 12.8 Å². The van der Waals surface area contributed by atoms with Crippen LogP contribution in [0.2, 0.25) is 0 Å². The van der Waals surface area contributed by atoms with Crippen LogP contribution in [0.5, 0.6) is 0 Å². The van der Waals surface area contributed by atoms with E-state index in [9.17, 15) is 10.1 Å². The topological polar surface area (TPSA) is 55.2 Å². The summed E-state index contributed by atoms with van der Waals surface area (Å²) in [6.45, 7) is 6.19. The Morgan fingerprint density at radius 2 is 2.12 bits per heavy atom. The van der Waals surface area contributed by atoms with Crippen LogP contribution in [0.25, 0.3) is 0 Å². The first-order valence-corrected chi connectivity index (χ1v) is 5.94. The van der Waals surface area contributed by atoms with E-state index in [1.54, 1.807) is 19.1 Å². The molecule has 4 heteroatoms. The second-order valence-corrected chi connectivity index (χ2v) is 5.23. The third kappa shape index (κ3) is 2.25. The minimum absolute atomic E-state index is 0.183. The van der Waals surface area contributed by atoms with Crippen LogP contribution >= 0.6 is 0 Å². The Balaban J connectivity index is 2.21. The number of anilines is 1. The van der Waals surface area contributed by atoms with E-state index in [4.69, 9.17) is 0 Å². The van der Waals surface area contributed by atoms with E-state index in [-0.39, 0.29) is 10.6 Å². The minimum atomic E-state index is -0.329. The van der Waals surface area contributed by atoms with Crippen molar-refractivity contribution < 1.29 is 4.92 Å². The molecule has 1 fully saturated rings. The fourth-order valence-corrected chi connectivity index (χ4v) is 2.02. The lowest BCUT2D eigenvalue weighted by Gasteiger charge is -2.22. The standard InChI is InChI=1S/C13H18N2O2/c1-9-11(5-4-6-12(9)15(16)17)14-10(2)13(3)7-8-13/h4-6,10,14H,7-8H2,1-3H3. The summed E-state index contributed by atoms with van der Waals surface area (Å²) in [6, 6.07) is 5.53. The molecular weight excluding hydrogens is 216 g/mol. The zero-order chi connectivity index (χ0) is 12.6. The molecule has 1 aliphatic carbocycles. The third-order valence-electron chi connectivity index (χ3n) is 3.96. The van der Waals surface area contributed by atoms with Gasteiger partial charge in [-0.15, -0.1) is 0 Å². The molecule has 0 bridgehead atoms. The SMILES string of the molecule is Cc1c(NC(C)C2(C)CC2)cccc1[N+](=O)[O-]. The van der Waals surface area contributed by atoms with E-state index >= 15 is 0 Å². The first kappa shape index (κ1) is 11.9. The van der Waals surface area contributed by atoms with Crippen molar-refractivity contribution in [1.82, 2.24) is 0 Å². The summed E-state index contributed by atoms with van der Waals surface area (Å²) in [5, 5.41) is 14.3. The van der Waals surface area contributed by atoms with Crippen LogP contribution in [-0.4, -0.2) is 11.0 Å². The van der Waals surface area contributed by atoms with Gasteiger partial charge in [0.25, 0.3) is 5.69 Å². The van der Waals surface area contributed by atoms with Crippen molar-refractivity contribution in [3.05, 3.63) is 33.9 Å². The van der Waals surface area contributed by atoms with Crippen molar-refractivity contribution >= 4 is 11.4 Å². The number of nitrogens with zero attached hydrogens (tertiary/aromatic N) is 1. The highest BCUT2D eigenvalue weighted by Crippen LogP contribution is 2.49. The molecule has 1 aromatic rings. The van der Waals surface area contributed by atoms with Gasteiger partial charge in [-0.1, -0.05) is 13.0 Å². The van der Waals surface area contributed by atoms with Crippen LogP contribution in [0.15, 0.2) is 18.2 Å². The summed E-state index contributed by atoms with van der Waals surface area (Å²) in [5.41, 5.74) is 2.13. The molecule has 1 unspecified atom stereocenters. The number of hydrogen-bond acceptors (Lipinski definition) is 3. The van der Waals surface area contributed by atoms with Gasteiger partial charge < -0.3 is 5.32 Å². The molecule has 1 N–H and O–H groups in total. The fourth-order valence-electron chi connectivity index (χ4n) is 2.02. The van der Waals surface area contributed by atoms with Crippen LogP contribution in [0.4, 0.5) is 11.4 Å². The van der Waals surface area contributed by atoms with E-state index in [0.717, 1.165) is 5.69 Å². The highest BCUT2D eigenvalue weighted by Gasteiger charge is 2.42. The maximum Gasteiger partial charge on any atom is 0.274 e. The maximum absolute atomic E-state index is 10.8. The van der Waals surface area contributed by atoms with Crippen LogP contribution in [-0.2, 0) is 0 Å². The Hall–Kier alpha value is -1.58. The van der Waals surface area contributed by atoms with Crippen molar-refractivity contribution in [2.75, 3.05) is 5.32 Å². The first-order valence-electron chi connectivity index (χ1n) is 5.94. The number of nitro groups is 1. The maximum atomic E-state index is 10.8. The van der Waals surface area contributed by atoms with E-state index in [1.807, 2.05) is 6.07 Å². The zero-order valence-electron chi connectivity index (χ0n) is 10.5. The van der Waals surface area contributed by atoms with Crippen LogP contribution in [0.1, 0.15) is 32.3 Å². The normalized spacial score (nSPS) is 18.5. The zero-order valence-corrected chi connectivity index (χ0v) is 10.5. The average molecular weight is 234 g/mol. The van der Waals surface area contributed by atoms with Crippen LogP contribution < -0.4 is 5.32 Å². The summed E-state index contributed by atoms with van der Waals surface area (Å²) in [5.74, 6) is 0. The molecule has 1 saturated carbocycles. The lowest BCUT2D eigenvalue weighted by molar-refractivity contribution is -0.385. The quantitative estimate of drug-likeness (QED) is 0.640. The molecular formula is C13H18N2O2. The van der Waals surface area contributed by atoms with Crippen LogP contribution in [0.3, 0.4) is 0 Å². The highest BCUT2D eigenvalue weighted by atomic mass is 16.6. The molecule has 2 rings (SSSR count). The molecule has 17 heavy (non-hydrogen) atoms. The van der Waals surface area contributed by atoms with Gasteiger partial charge in [0, 0.05) is 23.4 Å². The Morgan fingerprint density at radius 3 is 2.65 bits per heavy atom. The summed E-state index contributed by atoms with van der Waals surface area (Å²) in [6.07, 6.45) is 2.46. The summed E-state index contributed by atoms with van der Waals surface area (Å²) >= 11 is 0. The van der Waals surface area contributed by atoms with Gasteiger partial charge in [0.1, 0.15) is 0 Å². The average Bonchev–Trinajstić information content (AvgIpc) is 3.00. The molecule has 0 amide bonds. The Bertz CT molecular complexity index is 453. The summed E-state index contributed by atoms with van der Waals surface area (Å²) < 4.78 is 0. The molecule has 0 heterocycles. The van der Waals surface area contributed by atoms with Crippen molar-refractivity contribution in [1.29, 1.82) is 0 Å². The van der Waals surface area contributed by atoms with Gasteiger partial charge in [-0.3, -0.25) is 10.1 Å². The lowest BCUT2D eigenvalue weighted by Crippen LogP contribution is -2.25. The highest BCUT2D eigenvalue weighted by molar-refractivity contribution is 5.60. The first-order chi connectivity index (χ1) is 7.94. The fraction of sp³-hybridized carbons (Fsp3) is 0.538. The number of nitrogens with one attached hydrogen (secondary N) is 1. The molecule has 1 atom stereocenters. The molecule has 0 aliphatic heterocycles. The third-order valence-corrected chi connectivity index (χ3v) is 3.96. The Morgan fingerprint density at radius 1 is 1.47 bits per heavy atom. The molecule has 4 nitrogen and oxygen atoms in total. The molecule has 0 radical (unpaired) electrons. The van der Waals surface area contributed by atoms with Gasteiger partial charge in [0.05, 0.1) is 4.92 Å². The van der Waals surface area contributed by atoms with Crippen molar-refractivity contribution in [2.45, 2.75) is 39.7 Å². The van der Waals surface area contributed by atoms with Crippen LogP contribution in [0, 0.1) is 22.5 Å². The molecule has 0 spiro atoms. The number of benzene rings is 1. The van der Waals surface area contributed by atoms with Gasteiger partial charge in [-0.05, 0) is 38.2 Å². The predicted molar refractivity (Wildman–Crippen MR) is 68.3 cm³/mol. The van der Waals surface area contributed by atoms with Gasteiger partial charge in [0.15, 0.2) is 0 Å². The van der Waals surface area contributed by atoms with Gasteiger partial charge in [-0.2, -0.15) is 0 Å². The number of nitro benzene ring substituents is 1. The second-order valence-electron chi connectivity index (χ2n) is 5.23. The minimum Gasteiger partial charge on any atom is -0.382 e. The van der Waals surface area contributed by atoms with Crippen molar-refractivity contribution in [3.63, 3.8) is 0 Å². The number of rotatable bonds is 4. The Kier molecular flexibility index (Phi) is 2.81. The molecule has 92 valence electrons. The van der Waals surface area contributed by atoms with E-state index < -0.39 is 0 Å². The second kappa shape index (κ2) is 4.02. The van der Waals surface area contributed by atoms with E-state index in [2.05, 4.69) is 19.2 Å². The largest absolute Gasteiger partial charge is 0.382 e.